The fraction of sp³-hybridized carbons (Fsp3) is 0.603. The molecule has 7 unspecified atom stereocenters. The summed E-state index contributed by atoms with van der Waals surface area (Å²) in [6.07, 6.45) is 7.05. The molecule has 0 radical (unpaired) electrons. The number of unbranched alkanes of at least 4 members (excludes halogenated alkanes) is 1. The molecular weight excluding hydrogens is 1160 g/mol. The van der Waals surface area contributed by atoms with Crippen LogP contribution in [0.2, 0.25) is 0 Å². The van der Waals surface area contributed by atoms with Gasteiger partial charge in [-0.15, -0.1) is 0 Å². The van der Waals surface area contributed by atoms with Crippen LogP contribution in [0, 0.1) is 11.8 Å². The van der Waals surface area contributed by atoms with Gasteiger partial charge in [0.1, 0.15) is 30.0 Å². The molecule has 0 aliphatic carbocycles. The van der Waals surface area contributed by atoms with E-state index in [0.717, 1.165) is 42.8 Å². The number of pyridine rings is 1. The maximum atomic E-state index is 14.5. The first-order chi connectivity index (χ1) is 43.0. The van der Waals surface area contributed by atoms with Crippen molar-refractivity contribution >= 4 is 65.5 Å². The number of likely N-dealkylation sites (N-methyl/N-ethyl adjacent to an activating group) is 4. The molecule has 23 nitrogen and oxygen atoms in total. The predicted octanol–water partition coefficient (Wildman–Crippen LogP) is 5.11. The van der Waals surface area contributed by atoms with Crippen molar-refractivity contribution in [3.63, 3.8) is 0 Å². The summed E-state index contributed by atoms with van der Waals surface area (Å²) in [6.45, 7) is 22.8. The van der Waals surface area contributed by atoms with Gasteiger partial charge in [0, 0.05) is 92.1 Å². The van der Waals surface area contributed by atoms with E-state index < -0.39 is 102 Å². The number of ether oxygens (including phenoxy) is 1. The van der Waals surface area contributed by atoms with Gasteiger partial charge in [0.15, 0.2) is 12.6 Å². The molecule has 2 aliphatic heterocycles. The lowest BCUT2D eigenvalue weighted by molar-refractivity contribution is -0.167. The van der Waals surface area contributed by atoms with E-state index in [0.29, 0.717) is 58.3 Å². The second kappa shape index (κ2) is 38.0. The van der Waals surface area contributed by atoms with Crippen molar-refractivity contribution in [3.8, 4) is 11.1 Å². The van der Waals surface area contributed by atoms with Crippen LogP contribution in [-0.4, -0.2) is 222 Å². The second-order valence-electron chi connectivity index (χ2n) is 24.6. The summed E-state index contributed by atoms with van der Waals surface area (Å²) in [7, 11) is 5.54. The third-order valence-corrected chi connectivity index (χ3v) is 16.2. The fourth-order valence-electron chi connectivity index (χ4n) is 10.7. The summed E-state index contributed by atoms with van der Waals surface area (Å²) >= 11 is 0. The molecule has 0 spiro atoms. The molecule has 4 N–H and O–H groups in total. The third kappa shape index (κ3) is 24.0. The first-order valence-corrected chi connectivity index (χ1v) is 32.2. The fourth-order valence-corrected chi connectivity index (χ4v) is 10.7. The van der Waals surface area contributed by atoms with Crippen molar-refractivity contribution in [3.05, 3.63) is 84.1 Å². The summed E-state index contributed by atoms with van der Waals surface area (Å²) in [5, 5.41) is 19.6. The molecule has 0 saturated carbocycles. The number of rotatable bonds is 29. The SMILES string of the molecule is CC.CCC(C)C(NC(=O)C1CCCN1C(=O)C(Cc1cccc(-c2ccc(N3CCN(C(C)=O)CC3)nc2)c1)N(C)C=O)C(=O)N(C)CC(=O)NC(CC(C)C)C(=O)N(C)C(C(=O)OCC(=O)N(C)CC(=O)NC(C)Cc1ccccc1)C(C)(C)O.CCCC. The van der Waals surface area contributed by atoms with Crippen LogP contribution in [0.1, 0.15) is 133 Å². The van der Waals surface area contributed by atoms with Crippen molar-refractivity contribution in [1.29, 1.82) is 0 Å². The van der Waals surface area contributed by atoms with Gasteiger partial charge in [-0.1, -0.05) is 129 Å². The summed E-state index contributed by atoms with van der Waals surface area (Å²) < 4.78 is 5.34. The maximum absolute atomic E-state index is 14.5. The topological polar surface area (TPSA) is 272 Å². The molecule has 23 heteroatoms. The number of hydrogen-bond donors (Lipinski definition) is 4. The zero-order valence-corrected chi connectivity index (χ0v) is 57.0. The number of likely N-dealkylation sites (tertiary alicyclic amines) is 1. The largest absolute Gasteiger partial charge is 0.454 e. The smallest absolute Gasteiger partial charge is 0.332 e. The standard InChI is InChI=1S/C62H89N11O12.C4H10.C2H6/c1-13-41(4)55(66-57(79)49-23-18-26-73(49)59(81)50(69(11)39-74)34-45-21-17-22-46(33-45)47-24-25-51(63-35-47)72-29-27-71(28-30-72)43(6)75)60(82)68(10)37-53(77)65-48(31-40(2)3)58(80)70(12)56(62(7,8)84)61(83)85-38-54(78)67(9)36-52(76)64-42(5)32-44-19-15-14-16-20-44;1-3-4-2;1-2/h14-17,19-22,24-25,33,35,39-42,48-50,55-56,84H,13,18,23,26-32,34,36-38H2,1-12H3,(H,64,76)(H,65,77)(H,66,79);3-4H2,1-2H3;1-2H3. The van der Waals surface area contributed by atoms with Crippen LogP contribution in [0.3, 0.4) is 0 Å². The van der Waals surface area contributed by atoms with Gasteiger partial charge in [0.25, 0.3) is 5.91 Å². The number of aliphatic hydroxyl groups is 1. The Bertz CT molecular complexity index is 2840. The Labute approximate surface area is 540 Å². The molecule has 2 aromatic carbocycles. The van der Waals surface area contributed by atoms with Crippen LogP contribution in [0.15, 0.2) is 72.9 Å². The average molecular weight is 1270 g/mol. The predicted molar refractivity (Wildman–Crippen MR) is 352 cm³/mol. The average Bonchev–Trinajstić information content (AvgIpc) is 1.97. The number of nitrogens with one attached hydrogen (secondary N) is 3. The molecule has 7 atom stereocenters. The van der Waals surface area contributed by atoms with Gasteiger partial charge in [-0.3, -0.25) is 43.2 Å². The number of aromatic nitrogens is 1. The highest BCUT2D eigenvalue weighted by Gasteiger charge is 2.44. The molecule has 9 amide bonds. The molecule has 5 rings (SSSR count). The van der Waals surface area contributed by atoms with E-state index >= 15 is 0 Å². The van der Waals surface area contributed by atoms with Crippen molar-refractivity contribution in [2.24, 2.45) is 11.8 Å². The zero-order valence-electron chi connectivity index (χ0n) is 57.0. The summed E-state index contributed by atoms with van der Waals surface area (Å²) in [4.78, 5) is 150. The van der Waals surface area contributed by atoms with Crippen LogP contribution in [0.4, 0.5) is 5.82 Å². The minimum Gasteiger partial charge on any atom is -0.454 e. The zero-order chi connectivity index (χ0) is 68.3. The molecule has 1 aromatic heterocycles. The molecule has 91 heavy (non-hydrogen) atoms. The lowest BCUT2D eigenvalue weighted by Gasteiger charge is -2.37. The number of nitrogens with zero attached hydrogens (tertiary/aromatic N) is 8. The highest BCUT2D eigenvalue weighted by Crippen LogP contribution is 2.27. The van der Waals surface area contributed by atoms with E-state index in [1.54, 1.807) is 20.0 Å². The number of carbonyl (C=O) groups is 10. The highest BCUT2D eigenvalue weighted by atomic mass is 16.5. The molecule has 2 aliphatic rings. The number of benzene rings is 2. The van der Waals surface area contributed by atoms with E-state index in [2.05, 4.69) is 34.7 Å². The first kappa shape index (κ1) is 77.3. The van der Waals surface area contributed by atoms with Crippen LogP contribution in [-0.2, 0) is 65.5 Å². The summed E-state index contributed by atoms with van der Waals surface area (Å²) in [5.41, 5.74) is 1.59. The van der Waals surface area contributed by atoms with E-state index in [-0.39, 0.29) is 43.8 Å². The van der Waals surface area contributed by atoms with Crippen molar-refractivity contribution in [2.45, 2.75) is 176 Å². The Morgan fingerprint density at radius 3 is 1.92 bits per heavy atom. The Kier molecular flexibility index (Phi) is 32.3. The van der Waals surface area contributed by atoms with Crippen molar-refractivity contribution in [1.82, 2.24) is 50.3 Å². The van der Waals surface area contributed by atoms with Crippen LogP contribution in [0.5, 0.6) is 0 Å². The van der Waals surface area contributed by atoms with Gasteiger partial charge in [-0.2, -0.15) is 0 Å². The number of anilines is 1. The minimum atomic E-state index is -1.91. The molecular formula is C68H105N11O12. The van der Waals surface area contributed by atoms with Crippen molar-refractivity contribution in [2.75, 3.05) is 85.5 Å². The summed E-state index contributed by atoms with van der Waals surface area (Å²) in [6, 6.07) is 14.9. The Morgan fingerprint density at radius 1 is 0.747 bits per heavy atom. The van der Waals surface area contributed by atoms with E-state index in [1.165, 1.54) is 64.7 Å². The number of carbonyl (C=O) groups excluding carboxylic acids is 10. The lowest BCUT2D eigenvalue weighted by atomic mass is 9.95. The van der Waals surface area contributed by atoms with Gasteiger partial charge in [-0.25, -0.2) is 9.78 Å². The van der Waals surface area contributed by atoms with Gasteiger partial charge in [-0.05, 0) is 87.1 Å². The lowest BCUT2D eigenvalue weighted by Crippen LogP contribution is -2.60. The first-order valence-electron chi connectivity index (χ1n) is 32.2. The minimum absolute atomic E-state index is 0.0501. The Morgan fingerprint density at radius 2 is 1.36 bits per heavy atom. The van der Waals surface area contributed by atoms with Crippen LogP contribution < -0.4 is 20.9 Å². The Hall–Kier alpha value is -7.95. The number of amides is 9. The normalized spacial score (nSPS) is 15.7. The van der Waals surface area contributed by atoms with Gasteiger partial charge >= 0.3 is 5.97 Å². The van der Waals surface area contributed by atoms with Crippen LogP contribution >= 0.6 is 0 Å². The monoisotopic (exact) mass is 1270 g/mol. The molecule has 0 bridgehead atoms. The van der Waals surface area contributed by atoms with E-state index in [1.807, 2.05) is 113 Å². The Balaban J connectivity index is 0.00000346. The van der Waals surface area contributed by atoms with Crippen molar-refractivity contribution < 1.29 is 57.8 Å². The van der Waals surface area contributed by atoms with Gasteiger partial charge in [0.2, 0.25) is 47.8 Å². The van der Waals surface area contributed by atoms with Gasteiger partial charge in [0.05, 0.1) is 18.7 Å². The quantitative estimate of drug-likeness (QED) is 0.0520. The van der Waals surface area contributed by atoms with E-state index in [9.17, 15) is 53.1 Å². The molecule has 3 heterocycles. The number of piperazine rings is 1. The van der Waals surface area contributed by atoms with Crippen LogP contribution in [0.25, 0.3) is 11.1 Å². The maximum Gasteiger partial charge on any atom is 0.332 e. The molecule has 2 saturated heterocycles. The molecule has 504 valence electrons. The number of hydrogen-bond acceptors (Lipinski definition) is 14. The highest BCUT2D eigenvalue weighted by molar-refractivity contribution is 5.96. The molecule has 2 fully saturated rings. The van der Waals surface area contributed by atoms with E-state index in [4.69, 9.17) is 9.72 Å². The third-order valence-electron chi connectivity index (χ3n) is 16.2. The van der Waals surface area contributed by atoms with Gasteiger partial charge < -0.3 is 60.1 Å². The number of esters is 1. The summed E-state index contributed by atoms with van der Waals surface area (Å²) in [5.74, 6) is -5.10. The second-order valence-corrected chi connectivity index (χ2v) is 24.6. The molecule has 3 aromatic rings.